The van der Waals surface area contributed by atoms with Crippen molar-refractivity contribution in [2.45, 2.75) is 106 Å². The van der Waals surface area contributed by atoms with Crippen LogP contribution in [0.2, 0.25) is 0 Å². The molecular weight excluding hydrogens is 475 g/mol. The minimum Gasteiger partial charge on any atom is -0.399 e. The van der Waals surface area contributed by atoms with Crippen molar-refractivity contribution in [1.82, 2.24) is 10.4 Å². The molecule has 2 aromatic rings. The van der Waals surface area contributed by atoms with Gasteiger partial charge in [-0.3, -0.25) is 15.0 Å². The minimum atomic E-state index is -0.580. The van der Waals surface area contributed by atoms with Gasteiger partial charge in [0, 0.05) is 11.1 Å². The van der Waals surface area contributed by atoms with E-state index in [-0.39, 0.29) is 23.3 Å². The summed E-state index contributed by atoms with van der Waals surface area (Å²) >= 11 is 0. The second-order valence-electron chi connectivity index (χ2n) is 12.8. The number of hydrogen-bond acceptors (Lipinski definition) is 4. The zero-order valence-corrected chi connectivity index (χ0v) is 25.1. The van der Waals surface area contributed by atoms with Gasteiger partial charge in [0.15, 0.2) is 0 Å². The largest absolute Gasteiger partial charge is 0.495 e. The molecule has 1 atom stereocenters. The van der Waals surface area contributed by atoms with Crippen molar-refractivity contribution >= 4 is 24.4 Å². The van der Waals surface area contributed by atoms with E-state index in [0.29, 0.717) is 11.1 Å². The van der Waals surface area contributed by atoms with Crippen molar-refractivity contribution < 1.29 is 18.9 Å². The lowest BCUT2D eigenvalue weighted by Crippen LogP contribution is -2.56. The molecule has 1 fully saturated rings. The normalized spacial score (nSPS) is 17.3. The van der Waals surface area contributed by atoms with Crippen LogP contribution >= 0.6 is 0 Å². The van der Waals surface area contributed by atoms with Crippen LogP contribution in [0.3, 0.4) is 0 Å². The van der Waals surface area contributed by atoms with Crippen LogP contribution < -0.4 is 10.9 Å². The van der Waals surface area contributed by atoms with Crippen molar-refractivity contribution in [3.8, 4) is 0 Å². The van der Waals surface area contributed by atoms with Gasteiger partial charge in [-0.15, -0.1) is 0 Å². The zero-order valence-electron chi connectivity index (χ0n) is 25.1. The third-order valence-corrected chi connectivity index (χ3v) is 7.91. The Labute approximate surface area is 229 Å². The Hall–Kier alpha value is -2.64. The summed E-state index contributed by atoms with van der Waals surface area (Å²) < 4.78 is 12.5. The summed E-state index contributed by atoms with van der Waals surface area (Å²) in [5.74, 6) is -0.540. The van der Waals surface area contributed by atoms with Crippen LogP contribution in [0, 0.1) is 26.2 Å². The van der Waals surface area contributed by atoms with Crippen LogP contribution in [0.5, 0.6) is 0 Å². The average Bonchev–Trinajstić information content (AvgIpc) is 3.00. The molecule has 2 amide bonds. The van der Waals surface area contributed by atoms with Crippen LogP contribution in [0.25, 0.3) is 0 Å². The summed E-state index contributed by atoms with van der Waals surface area (Å²) in [5.41, 5.74) is 6.43. The highest BCUT2D eigenvalue weighted by Gasteiger charge is 2.52. The summed E-state index contributed by atoms with van der Waals surface area (Å²) in [6.45, 7) is 22.3. The van der Waals surface area contributed by atoms with Gasteiger partial charge in [0.05, 0.1) is 17.2 Å². The molecule has 0 radical (unpaired) electrons. The van der Waals surface area contributed by atoms with Crippen LogP contribution in [-0.2, 0) is 9.31 Å². The Bertz CT molecular complexity index is 1160. The number of nitrogens with zero attached hydrogens (tertiary/aromatic N) is 1. The number of amides is 2. The number of carbonyl (C=O) groups excluding carboxylic acids is 2. The second-order valence-corrected chi connectivity index (χ2v) is 12.8. The maximum absolute atomic E-state index is 14.0. The first-order chi connectivity index (χ1) is 17.5. The Balaban J connectivity index is 2.00. The molecule has 1 N–H and O–H groups in total. The molecule has 0 spiro atoms. The highest BCUT2D eigenvalue weighted by Crippen LogP contribution is 2.37. The molecule has 6 nitrogen and oxygen atoms in total. The van der Waals surface area contributed by atoms with E-state index in [1.165, 1.54) is 0 Å². The molecule has 38 heavy (non-hydrogen) atoms. The topological polar surface area (TPSA) is 67.9 Å². The van der Waals surface area contributed by atoms with E-state index in [4.69, 9.17) is 9.31 Å². The molecule has 1 heterocycles. The van der Waals surface area contributed by atoms with Crippen molar-refractivity contribution in [2.24, 2.45) is 5.41 Å². The summed E-state index contributed by atoms with van der Waals surface area (Å²) in [5, 5.41) is 1.56. The van der Waals surface area contributed by atoms with E-state index in [1.54, 1.807) is 11.1 Å². The molecule has 1 unspecified atom stereocenters. The van der Waals surface area contributed by atoms with E-state index in [2.05, 4.69) is 33.1 Å². The summed E-state index contributed by atoms with van der Waals surface area (Å²) in [6, 6.07) is 11.2. The monoisotopic (exact) mass is 520 g/mol. The molecule has 1 aliphatic heterocycles. The Morgan fingerprint density at radius 2 is 1.53 bits per heavy atom. The van der Waals surface area contributed by atoms with Gasteiger partial charge in [-0.05, 0) is 89.5 Å². The predicted octanol–water partition coefficient (Wildman–Crippen LogP) is 5.91. The van der Waals surface area contributed by atoms with Crippen LogP contribution in [0.15, 0.2) is 36.4 Å². The highest BCUT2D eigenvalue weighted by atomic mass is 16.7. The fourth-order valence-corrected chi connectivity index (χ4v) is 5.02. The van der Waals surface area contributed by atoms with E-state index in [1.807, 2.05) is 78.8 Å². The van der Waals surface area contributed by atoms with Gasteiger partial charge < -0.3 is 9.31 Å². The lowest BCUT2D eigenvalue weighted by molar-refractivity contribution is 0.00578. The highest BCUT2D eigenvalue weighted by molar-refractivity contribution is 6.62. The molecule has 3 rings (SSSR count). The number of hydrogen-bond donors (Lipinski definition) is 1. The Morgan fingerprint density at radius 1 is 0.974 bits per heavy atom. The van der Waals surface area contributed by atoms with Crippen molar-refractivity contribution in [1.29, 1.82) is 0 Å². The van der Waals surface area contributed by atoms with E-state index < -0.39 is 18.3 Å². The zero-order chi connectivity index (χ0) is 28.6. The number of nitrogens with one attached hydrogen (secondary N) is 1. The van der Waals surface area contributed by atoms with Gasteiger partial charge in [0.1, 0.15) is 0 Å². The first-order valence-corrected chi connectivity index (χ1v) is 13.7. The van der Waals surface area contributed by atoms with Gasteiger partial charge in [-0.1, -0.05) is 63.4 Å². The molecule has 0 bridgehead atoms. The third-order valence-electron chi connectivity index (χ3n) is 7.91. The lowest BCUT2D eigenvalue weighted by Gasteiger charge is -2.40. The smallest absolute Gasteiger partial charge is 0.399 e. The second kappa shape index (κ2) is 10.9. The van der Waals surface area contributed by atoms with Crippen molar-refractivity contribution in [2.75, 3.05) is 0 Å². The maximum Gasteiger partial charge on any atom is 0.495 e. The van der Waals surface area contributed by atoms with Crippen molar-refractivity contribution in [3.05, 3.63) is 64.2 Å². The van der Waals surface area contributed by atoms with Gasteiger partial charge in [-0.25, -0.2) is 5.01 Å². The molecular formula is C31H45BN2O4. The summed E-state index contributed by atoms with van der Waals surface area (Å²) in [7, 11) is -0.580. The number of carbonyl (C=O) groups is 2. The molecule has 0 aliphatic carbocycles. The van der Waals surface area contributed by atoms with Gasteiger partial charge in [0.2, 0.25) is 0 Å². The number of rotatable bonds is 6. The molecule has 1 saturated heterocycles. The van der Waals surface area contributed by atoms with Gasteiger partial charge in [0.25, 0.3) is 11.8 Å². The van der Waals surface area contributed by atoms with E-state index in [0.717, 1.165) is 35.0 Å². The van der Waals surface area contributed by atoms with E-state index in [9.17, 15) is 9.59 Å². The first kappa shape index (κ1) is 29.9. The number of hydrazine groups is 1. The van der Waals surface area contributed by atoms with Gasteiger partial charge >= 0.3 is 7.12 Å². The number of aryl methyl sites for hydroxylation is 2. The molecule has 0 aromatic heterocycles. The minimum absolute atomic E-state index is 0.198. The lowest BCUT2D eigenvalue weighted by atomic mass is 9.75. The van der Waals surface area contributed by atoms with Crippen LogP contribution in [0.1, 0.15) is 106 Å². The third kappa shape index (κ3) is 6.15. The van der Waals surface area contributed by atoms with Crippen LogP contribution in [-0.4, -0.2) is 41.2 Å². The molecule has 1 aliphatic rings. The molecule has 7 heteroatoms. The summed E-state index contributed by atoms with van der Waals surface area (Å²) in [4.78, 5) is 27.8. The molecule has 0 saturated carbocycles. The fraction of sp³-hybridized carbons (Fsp3) is 0.548. The predicted molar refractivity (Wildman–Crippen MR) is 155 cm³/mol. The van der Waals surface area contributed by atoms with Crippen LogP contribution in [0.4, 0.5) is 0 Å². The number of benzene rings is 2. The maximum atomic E-state index is 14.0. The van der Waals surface area contributed by atoms with Crippen molar-refractivity contribution in [3.63, 3.8) is 0 Å². The first-order valence-electron chi connectivity index (χ1n) is 13.7. The average molecular weight is 521 g/mol. The van der Waals surface area contributed by atoms with Gasteiger partial charge in [-0.2, -0.15) is 0 Å². The molecule has 206 valence electrons. The fourth-order valence-electron chi connectivity index (χ4n) is 5.02. The Kier molecular flexibility index (Phi) is 8.55. The molecule has 2 aromatic carbocycles. The van der Waals surface area contributed by atoms with E-state index >= 15 is 0 Å². The summed E-state index contributed by atoms with van der Waals surface area (Å²) in [6.07, 6.45) is 1.64. The standard InChI is InChI=1S/C31H45BN2O4/c1-12-14-26(29(5,6)7)34(28(36)23-18-20(2)17-21(3)19-23)33-27(35)24-15-13-16-25(22(24)4)32-37-30(8,9)31(10,11)38-32/h13,15-19,26H,12,14H2,1-11H3,(H,33,35). The Morgan fingerprint density at radius 3 is 2.03 bits per heavy atom. The quantitative estimate of drug-likeness (QED) is 0.380. The SMILES string of the molecule is CCCC(N(NC(=O)c1cccc(B2OC(C)(C)C(C)(C)O2)c1C)C(=O)c1cc(C)cc(C)c1)C(C)(C)C.